The maximum absolute atomic E-state index is 13.0. The largest absolute Gasteiger partial charge is 0.481 e. The topological polar surface area (TPSA) is 83.6 Å². The maximum atomic E-state index is 13.0. The van der Waals surface area contributed by atoms with E-state index < -0.39 is 11.4 Å². The Hall–Kier alpha value is -2.63. The lowest BCUT2D eigenvalue weighted by atomic mass is 9.90. The molecule has 6 heteroatoms. The molecule has 0 bridgehead atoms. The van der Waals surface area contributed by atoms with Gasteiger partial charge in [-0.2, -0.15) is 0 Å². The number of likely N-dealkylation sites (tertiary alicyclic amines) is 1. The number of carbonyl (C=O) groups is 2. The molecule has 1 atom stereocenters. The molecule has 1 amide bonds. The van der Waals surface area contributed by atoms with Gasteiger partial charge < -0.3 is 14.5 Å². The van der Waals surface area contributed by atoms with E-state index in [2.05, 4.69) is 5.16 Å². The van der Waals surface area contributed by atoms with E-state index in [-0.39, 0.29) is 12.5 Å². The lowest BCUT2D eigenvalue weighted by Crippen LogP contribution is -2.35. The Kier molecular flexibility index (Phi) is 4.13. The van der Waals surface area contributed by atoms with Crippen LogP contribution in [-0.4, -0.2) is 40.1 Å². The average molecular weight is 328 g/mol. The molecular weight excluding hydrogens is 308 g/mol. The second kappa shape index (κ2) is 6.11. The highest BCUT2D eigenvalue weighted by atomic mass is 16.5. The third-order valence-corrected chi connectivity index (χ3v) is 4.62. The number of hydrogen-bond donors (Lipinski definition) is 1. The number of aryl methyl sites for hydroxylation is 1. The van der Waals surface area contributed by atoms with Crippen LogP contribution >= 0.6 is 0 Å². The summed E-state index contributed by atoms with van der Waals surface area (Å²) in [6.07, 6.45) is 0.992. The number of nitrogens with zero attached hydrogens (tertiary/aromatic N) is 2. The van der Waals surface area contributed by atoms with Crippen molar-refractivity contribution in [1.29, 1.82) is 0 Å². The number of benzene rings is 1. The molecule has 2 heterocycles. The monoisotopic (exact) mass is 328 g/mol. The summed E-state index contributed by atoms with van der Waals surface area (Å²) in [5, 5.41) is 13.4. The van der Waals surface area contributed by atoms with E-state index in [0.29, 0.717) is 36.4 Å². The van der Waals surface area contributed by atoms with Crippen LogP contribution in [0.1, 0.15) is 36.4 Å². The summed E-state index contributed by atoms with van der Waals surface area (Å²) in [6.45, 7) is 4.19. The van der Waals surface area contributed by atoms with Crippen LogP contribution in [0.4, 0.5) is 0 Å². The second-order valence-electron chi connectivity index (χ2n) is 6.39. The molecule has 3 rings (SSSR count). The Morgan fingerprint density at radius 1 is 1.33 bits per heavy atom. The number of aromatic nitrogens is 1. The van der Waals surface area contributed by atoms with Crippen molar-refractivity contribution in [2.45, 2.75) is 26.7 Å². The third-order valence-electron chi connectivity index (χ3n) is 4.62. The summed E-state index contributed by atoms with van der Waals surface area (Å²) in [5.41, 5.74) is 0.871. The Bertz CT molecular complexity index is 769. The molecule has 0 saturated carbocycles. The van der Waals surface area contributed by atoms with Gasteiger partial charge in [0.15, 0.2) is 0 Å². The number of carboxylic acid groups (broad SMARTS) is 1. The molecule has 0 radical (unpaired) electrons. The fraction of sp³-hybridized carbons (Fsp3) is 0.389. The predicted molar refractivity (Wildman–Crippen MR) is 87.6 cm³/mol. The number of hydrogen-bond acceptors (Lipinski definition) is 4. The predicted octanol–water partition coefficient (Wildman–Crippen LogP) is 2.84. The zero-order valence-corrected chi connectivity index (χ0v) is 13.8. The Morgan fingerprint density at radius 2 is 2.04 bits per heavy atom. The molecule has 1 aliphatic heterocycles. The Labute approximate surface area is 140 Å². The second-order valence-corrected chi connectivity index (χ2v) is 6.39. The van der Waals surface area contributed by atoms with Crippen LogP contribution in [0.2, 0.25) is 0 Å². The van der Waals surface area contributed by atoms with E-state index in [1.807, 2.05) is 37.3 Å². The highest BCUT2D eigenvalue weighted by molar-refractivity contribution is 6.01. The first-order valence-corrected chi connectivity index (χ1v) is 8.03. The fourth-order valence-electron chi connectivity index (χ4n) is 3.05. The van der Waals surface area contributed by atoms with Crippen molar-refractivity contribution in [2.75, 3.05) is 13.1 Å². The number of aliphatic carboxylic acids is 1. The van der Waals surface area contributed by atoms with Crippen LogP contribution in [0.15, 0.2) is 34.9 Å². The average Bonchev–Trinajstić information content (AvgIpc) is 3.19. The van der Waals surface area contributed by atoms with Crippen LogP contribution in [0.25, 0.3) is 11.3 Å². The van der Waals surface area contributed by atoms with Crippen LogP contribution in [0.3, 0.4) is 0 Å². The molecule has 1 N–H and O–H groups in total. The first-order valence-electron chi connectivity index (χ1n) is 8.03. The summed E-state index contributed by atoms with van der Waals surface area (Å²) >= 11 is 0. The smallest absolute Gasteiger partial charge is 0.311 e. The molecule has 24 heavy (non-hydrogen) atoms. The van der Waals surface area contributed by atoms with Crippen molar-refractivity contribution in [3.8, 4) is 11.3 Å². The van der Waals surface area contributed by atoms with Gasteiger partial charge in [-0.15, -0.1) is 0 Å². The molecule has 2 aromatic rings. The third kappa shape index (κ3) is 2.68. The van der Waals surface area contributed by atoms with E-state index in [1.54, 1.807) is 11.8 Å². The molecule has 1 aromatic carbocycles. The minimum atomic E-state index is -0.897. The summed E-state index contributed by atoms with van der Waals surface area (Å²) in [4.78, 5) is 26.0. The molecule has 1 aromatic heterocycles. The summed E-state index contributed by atoms with van der Waals surface area (Å²) < 4.78 is 5.37. The number of rotatable bonds is 4. The SMILES string of the molecule is CCc1onc(-c2ccccc2)c1C(=O)N1CCC(C)(C(=O)O)C1. The van der Waals surface area contributed by atoms with Gasteiger partial charge in [0.25, 0.3) is 5.91 Å². The van der Waals surface area contributed by atoms with Gasteiger partial charge in [0, 0.05) is 25.1 Å². The van der Waals surface area contributed by atoms with Gasteiger partial charge in [-0.25, -0.2) is 0 Å². The van der Waals surface area contributed by atoms with Gasteiger partial charge in [-0.3, -0.25) is 9.59 Å². The van der Waals surface area contributed by atoms with E-state index in [1.165, 1.54) is 0 Å². The standard InChI is InChI=1S/C18H20N2O4/c1-3-13-14(15(19-24-13)12-7-5-4-6-8-12)16(21)20-10-9-18(2,11-20)17(22)23/h4-8H,3,9-11H2,1-2H3,(H,22,23). The minimum Gasteiger partial charge on any atom is -0.481 e. The molecule has 1 aliphatic rings. The van der Waals surface area contributed by atoms with E-state index >= 15 is 0 Å². The van der Waals surface area contributed by atoms with Crippen LogP contribution in [0, 0.1) is 5.41 Å². The highest BCUT2D eigenvalue weighted by Crippen LogP contribution is 2.33. The Balaban J connectivity index is 1.96. The number of amides is 1. The van der Waals surface area contributed by atoms with Crippen LogP contribution < -0.4 is 0 Å². The molecule has 1 saturated heterocycles. The van der Waals surface area contributed by atoms with E-state index in [9.17, 15) is 14.7 Å². The van der Waals surface area contributed by atoms with Crippen LogP contribution in [-0.2, 0) is 11.2 Å². The summed E-state index contributed by atoms with van der Waals surface area (Å²) in [6, 6.07) is 9.39. The van der Waals surface area contributed by atoms with Gasteiger partial charge in [0.05, 0.1) is 5.41 Å². The zero-order valence-electron chi connectivity index (χ0n) is 13.8. The minimum absolute atomic E-state index is 0.198. The Morgan fingerprint density at radius 3 is 2.62 bits per heavy atom. The van der Waals surface area contributed by atoms with Crippen molar-refractivity contribution in [1.82, 2.24) is 10.1 Å². The van der Waals surface area contributed by atoms with Crippen molar-refractivity contribution in [2.24, 2.45) is 5.41 Å². The normalized spacial score (nSPS) is 20.3. The first-order chi connectivity index (χ1) is 11.5. The lowest BCUT2D eigenvalue weighted by Gasteiger charge is -2.20. The summed E-state index contributed by atoms with van der Waals surface area (Å²) in [7, 11) is 0. The van der Waals surface area contributed by atoms with Gasteiger partial charge in [0.2, 0.25) is 0 Å². The molecule has 0 spiro atoms. The van der Waals surface area contributed by atoms with Crippen LogP contribution in [0.5, 0.6) is 0 Å². The molecule has 126 valence electrons. The van der Waals surface area contributed by atoms with Gasteiger partial charge >= 0.3 is 5.97 Å². The van der Waals surface area contributed by atoms with Crippen molar-refractivity contribution in [3.05, 3.63) is 41.7 Å². The number of carboxylic acids is 1. The lowest BCUT2D eigenvalue weighted by molar-refractivity contribution is -0.147. The van der Waals surface area contributed by atoms with Gasteiger partial charge in [0.1, 0.15) is 17.0 Å². The van der Waals surface area contributed by atoms with E-state index in [0.717, 1.165) is 5.56 Å². The molecule has 6 nitrogen and oxygen atoms in total. The molecule has 1 unspecified atom stereocenters. The van der Waals surface area contributed by atoms with Crippen molar-refractivity contribution >= 4 is 11.9 Å². The van der Waals surface area contributed by atoms with Gasteiger partial charge in [-0.1, -0.05) is 42.4 Å². The highest BCUT2D eigenvalue weighted by Gasteiger charge is 2.43. The summed E-state index contributed by atoms with van der Waals surface area (Å²) in [5.74, 6) is -0.554. The van der Waals surface area contributed by atoms with Gasteiger partial charge in [-0.05, 0) is 13.3 Å². The molecule has 1 fully saturated rings. The molecule has 0 aliphatic carbocycles. The quantitative estimate of drug-likeness (QED) is 0.933. The fourth-order valence-corrected chi connectivity index (χ4v) is 3.05. The van der Waals surface area contributed by atoms with E-state index in [4.69, 9.17) is 4.52 Å². The zero-order chi connectivity index (χ0) is 17.3. The van der Waals surface area contributed by atoms with Crippen molar-refractivity contribution < 1.29 is 19.2 Å². The maximum Gasteiger partial charge on any atom is 0.311 e. The van der Waals surface area contributed by atoms with Crippen molar-refractivity contribution in [3.63, 3.8) is 0 Å². The first kappa shape index (κ1) is 16.2. The molecular formula is C18H20N2O4. The number of carbonyl (C=O) groups excluding carboxylic acids is 1.